The Morgan fingerprint density at radius 2 is 1.69 bits per heavy atom. The van der Waals surface area contributed by atoms with Crippen LogP contribution in [0.15, 0.2) is 59.5 Å². The number of carbonyl (C=O) groups excluding carboxylic acids is 3. The summed E-state index contributed by atoms with van der Waals surface area (Å²) in [5.74, 6) is -0.573. The number of rotatable bonds is 7. The fourth-order valence-corrected chi connectivity index (χ4v) is 3.79. The normalized spacial score (nSPS) is 14.9. The number of Topliss-reactive ketones (excluding diaryl/α,β-unsaturated/α-hetero) is 1. The molecule has 1 fully saturated rings. The highest BCUT2D eigenvalue weighted by molar-refractivity contribution is 8.00. The van der Waals surface area contributed by atoms with Gasteiger partial charge in [-0.15, -0.1) is 11.8 Å². The van der Waals surface area contributed by atoms with E-state index in [2.05, 4.69) is 0 Å². The molecule has 2 aromatic carbocycles. The van der Waals surface area contributed by atoms with Gasteiger partial charge >= 0.3 is 5.97 Å². The van der Waals surface area contributed by atoms with Gasteiger partial charge in [0.15, 0.2) is 0 Å². The van der Waals surface area contributed by atoms with Crippen molar-refractivity contribution in [1.82, 2.24) is 4.90 Å². The highest BCUT2D eigenvalue weighted by atomic mass is 32.2. The maximum Gasteiger partial charge on any atom is 0.340 e. The number of morpholine rings is 1. The zero-order valence-corrected chi connectivity index (χ0v) is 17.0. The number of hydrogen-bond acceptors (Lipinski definition) is 6. The molecule has 1 amide bonds. The van der Waals surface area contributed by atoms with Gasteiger partial charge in [0.25, 0.3) is 5.91 Å². The molecule has 7 heteroatoms. The summed E-state index contributed by atoms with van der Waals surface area (Å²) in [5, 5.41) is 0. The molecule has 0 saturated carbocycles. The molecule has 1 atom stereocenters. The average molecular weight is 413 g/mol. The minimum Gasteiger partial charge on any atom is -0.444 e. The Morgan fingerprint density at radius 3 is 2.38 bits per heavy atom. The summed E-state index contributed by atoms with van der Waals surface area (Å²) >= 11 is 1.28. The zero-order valence-electron chi connectivity index (χ0n) is 16.2. The summed E-state index contributed by atoms with van der Waals surface area (Å²) in [6.45, 7) is 3.35. The Kier molecular flexibility index (Phi) is 7.43. The predicted octanol–water partition coefficient (Wildman–Crippen LogP) is 3.12. The molecule has 0 aromatic heterocycles. The average Bonchev–Trinajstić information content (AvgIpc) is 2.77. The number of ether oxygens (including phenoxy) is 2. The molecule has 29 heavy (non-hydrogen) atoms. The Labute approximate surface area is 174 Å². The van der Waals surface area contributed by atoms with Gasteiger partial charge in [-0.25, -0.2) is 4.79 Å². The number of benzene rings is 2. The first-order valence-electron chi connectivity index (χ1n) is 9.40. The van der Waals surface area contributed by atoms with Crippen LogP contribution < -0.4 is 0 Å². The van der Waals surface area contributed by atoms with Crippen LogP contribution in [0.5, 0.6) is 0 Å². The van der Waals surface area contributed by atoms with Crippen LogP contribution in [0.25, 0.3) is 0 Å². The molecular weight excluding hydrogens is 390 g/mol. The van der Waals surface area contributed by atoms with Crippen LogP contribution in [0.4, 0.5) is 0 Å². The number of nitrogens with zero attached hydrogens (tertiary/aromatic N) is 1. The number of hydrogen-bond donors (Lipinski definition) is 0. The fraction of sp³-hybridized carbons (Fsp3) is 0.318. The van der Waals surface area contributed by atoms with E-state index in [9.17, 15) is 14.4 Å². The maximum atomic E-state index is 13.1. The van der Waals surface area contributed by atoms with Crippen molar-refractivity contribution in [2.24, 2.45) is 0 Å². The third kappa shape index (κ3) is 5.68. The second-order valence-electron chi connectivity index (χ2n) is 6.62. The maximum absolute atomic E-state index is 13.1. The number of thioether (sulfide) groups is 1. The third-order valence-corrected chi connectivity index (χ3v) is 5.63. The van der Waals surface area contributed by atoms with Crippen LogP contribution in [0.2, 0.25) is 0 Å². The molecule has 152 valence electrons. The van der Waals surface area contributed by atoms with Crippen LogP contribution >= 0.6 is 11.8 Å². The molecule has 1 saturated heterocycles. The molecule has 0 radical (unpaired) electrons. The largest absolute Gasteiger partial charge is 0.444 e. The first-order valence-corrected chi connectivity index (χ1v) is 10.4. The molecule has 0 bridgehead atoms. The van der Waals surface area contributed by atoms with E-state index >= 15 is 0 Å². The molecular formula is C22H23NO5S. The first-order chi connectivity index (χ1) is 14.1. The summed E-state index contributed by atoms with van der Waals surface area (Å²) in [7, 11) is 0. The van der Waals surface area contributed by atoms with E-state index in [4.69, 9.17) is 9.47 Å². The first kappa shape index (κ1) is 21.1. The smallest absolute Gasteiger partial charge is 0.340 e. The van der Waals surface area contributed by atoms with Crippen LogP contribution in [-0.4, -0.2) is 54.6 Å². The quantitative estimate of drug-likeness (QED) is 0.513. The SMILES string of the molecule is CC(=O)CSc1ccccc1C(=O)O[C@H](C(=O)N1CCOCC1)c1ccccc1. The number of carbonyl (C=O) groups is 3. The summed E-state index contributed by atoms with van der Waals surface area (Å²) in [6, 6.07) is 15.9. The van der Waals surface area contributed by atoms with Gasteiger partial charge in [-0.1, -0.05) is 42.5 Å². The molecule has 3 rings (SSSR count). The molecule has 1 aliphatic heterocycles. The summed E-state index contributed by atoms with van der Waals surface area (Å²) in [4.78, 5) is 39.7. The van der Waals surface area contributed by atoms with Crippen molar-refractivity contribution in [3.63, 3.8) is 0 Å². The summed E-state index contributed by atoms with van der Waals surface area (Å²) < 4.78 is 11.0. The molecule has 0 aliphatic carbocycles. The van der Waals surface area contributed by atoms with Crippen molar-refractivity contribution in [2.75, 3.05) is 32.1 Å². The zero-order chi connectivity index (χ0) is 20.6. The second-order valence-corrected chi connectivity index (χ2v) is 7.64. The van der Waals surface area contributed by atoms with Crippen molar-refractivity contribution in [3.05, 3.63) is 65.7 Å². The van der Waals surface area contributed by atoms with E-state index in [1.807, 2.05) is 6.07 Å². The van der Waals surface area contributed by atoms with Crippen molar-refractivity contribution in [1.29, 1.82) is 0 Å². The van der Waals surface area contributed by atoms with Gasteiger partial charge in [0.1, 0.15) is 5.78 Å². The van der Waals surface area contributed by atoms with Gasteiger partial charge in [0.2, 0.25) is 6.10 Å². The van der Waals surface area contributed by atoms with E-state index in [0.29, 0.717) is 42.3 Å². The van der Waals surface area contributed by atoms with Gasteiger partial charge < -0.3 is 14.4 Å². The molecule has 1 heterocycles. The van der Waals surface area contributed by atoms with Crippen molar-refractivity contribution < 1.29 is 23.9 Å². The van der Waals surface area contributed by atoms with Gasteiger partial charge in [0, 0.05) is 23.5 Å². The van der Waals surface area contributed by atoms with Crippen LogP contribution in [0, 0.1) is 0 Å². The molecule has 6 nitrogen and oxygen atoms in total. The molecule has 1 aliphatic rings. The summed E-state index contributed by atoms with van der Waals surface area (Å²) in [5.41, 5.74) is 0.959. The number of ketones is 1. The van der Waals surface area contributed by atoms with E-state index < -0.39 is 12.1 Å². The van der Waals surface area contributed by atoms with Crippen molar-refractivity contribution in [2.45, 2.75) is 17.9 Å². The number of amides is 1. The Balaban J connectivity index is 1.83. The van der Waals surface area contributed by atoms with Crippen LogP contribution in [0.3, 0.4) is 0 Å². The van der Waals surface area contributed by atoms with Crippen LogP contribution in [0.1, 0.15) is 28.9 Å². The van der Waals surface area contributed by atoms with Gasteiger partial charge in [-0.2, -0.15) is 0 Å². The highest BCUT2D eigenvalue weighted by Crippen LogP contribution is 2.27. The molecule has 0 unspecified atom stereocenters. The molecule has 0 N–H and O–H groups in total. The van der Waals surface area contributed by atoms with E-state index in [1.54, 1.807) is 53.4 Å². The van der Waals surface area contributed by atoms with Gasteiger partial charge in [0.05, 0.1) is 24.5 Å². The Bertz CT molecular complexity index is 865. The fourth-order valence-electron chi connectivity index (χ4n) is 2.95. The summed E-state index contributed by atoms with van der Waals surface area (Å²) in [6.07, 6.45) is -1.03. The van der Waals surface area contributed by atoms with Crippen molar-refractivity contribution in [3.8, 4) is 0 Å². The van der Waals surface area contributed by atoms with Gasteiger partial charge in [-0.3, -0.25) is 9.59 Å². The predicted molar refractivity (Wildman–Crippen MR) is 110 cm³/mol. The molecule has 2 aromatic rings. The van der Waals surface area contributed by atoms with Gasteiger partial charge in [-0.05, 0) is 19.1 Å². The lowest BCUT2D eigenvalue weighted by Gasteiger charge is -2.30. The Morgan fingerprint density at radius 1 is 1.03 bits per heavy atom. The topological polar surface area (TPSA) is 72.9 Å². The monoisotopic (exact) mass is 413 g/mol. The standard InChI is InChI=1S/C22H23NO5S/c1-16(24)15-29-19-10-6-5-9-18(19)22(26)28-20(17-7-3-2-4-8-17)21(25)23-11-13-27-14-12-23/h2-10,20H,11-15H2,1H3/t20-/m0/s1. The lowest BCUT2D eigenvalue weighted by Crippen LogP contribution is -2.44. The minimum absolute atomic E-state index is 0.0165. The third-order valence-electron chi connectivity index (χ3n) is 4.41. The molecule has 0 spiro atoms. The second kappa shape index (κ2) is 10.2. The van der Waals surface area contributed by atoms with E-state index in [-0.39, 0.29) is 17.4 Å². The Hall–Kier alpha value is -2.64. The van der Waals surface area contributed by atoms with E-state index in [0.717, 1.165) is 0 Å². The van der Waals surface area contributed by atoms with Crippen molar-refractivity contribution >= 4 is 29.4 Å². The minimum atomic E-state index is -1.03. The lowest BCUT2D eigenvalue weighted by atomic mass is 10.1. The van der Waals surface area contributed by atoms with E-state index in [1.165, 1.54) is 18.7 Å². The lowest BCUT2D eigenvalue weighted by molar-refractivity contribution is -0.145. The highest BCUT2D eigenvalue weighted by Gasteiger charge is 2.31. The number of esters is 1. The van der Waals surface area contributed by atoms with Crippen LogP contribution in [-0.2, 0) is 19.1 Å².